The number of nitrogens with zero attached hydrogens (tertiary/aromatic N) is 2. The Hall–Kier alpha value is -0.480. The molecule has 2 rings (SSSR count). The van der Waals surface area contributed by atoms with Gasteiger partial charge in [0.25, 0.3) is 0 Å². The highest BCUT2D eigenvalue weighted by Crippen LogP contribution is 2.29. The Kier molecular flexibility index (Phi) is 4.92. The molecule has 1 aliphatic rings. The van der Waals surface area contributed by atoms with Crippen LogP contribution in [0.2, 0.25) is 0 Å². The summed E-state index contributed by atoms with van der Waals surface area (Å²) in [5.74, 6) is 1.21. The molecule has 1 unspecified atom stereocenters. The fraction of sp³-hybridized carbons (Fsp3) is 0.769. The molecule has 1 aromatic rings. The van der Waals surface area contributed by atoms with E-state index in [9.17, 15) is 0 Å². The monoisotopic (exact) mass is 253 g/mol. The van der Waals surface area contributed by atoms with Gasteiger partial charge >= 0.3 is 0 Å². The Labute approximate surface area is 108 Å². The predicted octanol–water partition coefficient (Wildman–Crippen LogP) is 2.23. The van der Waals surface area contributed by atoms with Crippen LogP contribution in [-0.2, 0) is 13.5 Å². The molecular weight excluding hydrogens is 230 g/mol. The van der Waals surface area contributed by atoms with Crippen LogP contribution in [0.4, 0.5) is 0 Å². The fourth-order valence-corrected chi connectivity index (χ4v) is 3.83. The van der Waals surface area contributed by atoms with E-state index in [1.54, 1.807) is 0 Å². The number of aromatic nitrogens is 2. The molecule has 0 amide bonds. The average molecular weight is 253 g/mol. The summed E-state index contributed by atoms with van der Waals surface area (Å²) < 4.78 is 1.88. The molecule has 1 aromatic heterocycles. The van der Waals surface area contributed by atoms with Gasteiger partial charge in [-0.2, -0.15) is 16.9 Å². The minimum absolute atomic E-state index is 0.551. The largest absolute Gasteiger partial charge is 0.316 e. The molecule has 0 aromatic carbocycles. The van der Waals surface area contributed by atoms with Crippen molar-refractivity contribution in [3.8, 4) is 0 Å². The van der Waals surface area contributed by atoms with Gasteiger partial charge in [-0.1, -0.05) is 12.8 Å². The number of nitrogens with one attached hydrogen (secondary N) is 1. The molecule has 96 valence electrons. The van der Waals surface area contributed by atoms with Crippen molar-refractivity contribution in [2.24, 2.45) is 7.05 Å². The summed E-state index contributed by atoms with van der Waals surface area (Å²) in [6.45, 7) is 0. The van der Waals surface area contributed by atoms with Crippen LogP contribution in [0.5, 0.6) is 0 Å². The van der Waals surface area contributed by atoms with Gasteiger partial charge in [-0.15, -0.1) is 0 Å². The number of aryl methyl sites for hydroxylation is 1. The first-order valence-electron chi connectivity index (χ1n) is 6.55. The first-order chi connectivity index (χ1) is 8.28. The lowest BCUT2D eigenvalue weighted by atomic mass is 10.2. The van der Waals surface area contributed by atoms with E-state index in [4.69, 9.17) is 0 Å². The molecule has 4 heteroatoms. The summed E-state index contributed by atoms with van der Waals surface area (Å²) in [5.41, 5.74) is 1.19. The van der Waals surface area contributed by atoms with Crippen LogP contribution in [0.25, 0.3) is 0 Å². The highest BCUT2D eigenvalue weighted by Gasteiger charge is 2.17. The van der Waals surface area contributed by atoms with Gasteiger partial charge in [0.15, 0.2) is 0 Å². The molecule has 1 heterocycles. The third-order valence-electron chi connectivity index (χ3n) is 3.47. The van der Waals surface area contributed by atoms with Crippen LogP contribution in [0, 0.1) is 0 Å². The molecule has 1 fully saturated rings. The van der Waals surface area contributed by atoms with Crippen LogP contribution in [0.1, 0.15) is 31.4 Å². The molecule has 0 spiro atoms. The zero-order chi connectivity index (χ0) is 12.1. The van der Waals surface area contributed by atoms with Gasteiger partial charge in [-0.05, 0) is 26.0 Å². The molecule has 3 nitrogen and oxygen atoms in total. The summed E-state index contributed by atoms with van der Waals surface area (Å²) in [6.07, 6.45) is 8.77. The van der Waals surface area contributed by atoms with E-state index in [-0.39, 0.29) is 0 Å². The van der Waals surface area contributed by atoms with Gasteiger partial charge in [0, 0.05) is 36.7 Å². The first-order valence-corrected chi connectivity index (χ1v) is 7.60. The van der Waals surface area contributed by atoms with Crippen molar-refractivity contribution in [3.63, 3.8) is 0 Å². The molecule has 1 aliphatic carbocycles. The van der Waals surface area contributed by atoms with E-state index in [2.05, 4.69) is 35.3 Å². The van der Waals surface area contributed by atoms with Crippen molar-refractivity contribution in [2.45, 2.75) is 43.4 Å². The summed E-state index contributed by atoms with van der Waals surface area (Å²) in [6, 6.07) is 2.67. The molecular formula is C13H23N3S. The smallest absolute Gasteiger partial charge is 0.0640 e. The second-order valence-corrected chi connectivity index (χ2v) is 6.24. The number of hydrogen-bond acceptors (Lipinski definition) is 3. The molecule has 17 heavy (non-hydrogen) atoms. The van der Waals surface area contributed by atoms with Crippen LogP contribution < -0.4 is 5.32 Å². The molecule has 0 radical (unpaired) electrons. The van der Waals surface area contributed by atoms with Gasteiger partial charge < -0.3 is 5.32 Å². The summed E-state index contributed by atoms with van der Waals surface area (Å²) >= 11 is 2.15. The number of thioether (sulfide) groups is 1. The molecule has 0 saturated heterocycles. The minimum Gasteiger partial charge on any atom is -0.316 e. The normalized spacial score (nSPS) is 18.7. The number of hydrogen-bond donors (Lipinski definition) is 1. The van der Waals surface area contributed by atoms with E-state index in [0.717, 1.165) is 11.7 Å². The van der Waals surface area contributed by atoms with Gasteiger partial charge in [0.05, 0.1) is 5.69 Å². The van der Waals surface area contributed by atoms with E-state index in [1.165, 1.54) is 37.1 Å². The lowest BCUT2D eigenvalue weighted by Crippen LogP contribution is -2.31. The van der Waals surface area contributed by atoms with Crippen LogP contribution in [0.3, 0.4) is 0 Å². The van der Waals surface area contributed by atoms with Crippen molar-refractivity contribution in [1.82, 2.24) is 15.1 Å². The Morgan fingerprint density at radius 1 is 1.53 bits per heavy atom. The lowest BCUT2D eigenvalue weighted by Gasteiger charge is -2.17. The maximum absolute atomic E-state index is 4.45. The van der Waals surface area contributed by atoms with Crippen molar-refractivity contribution in [3.05, 3.63) is 18.0 Å². The Balaban J connectivity index is 1.75. The summed E-state index contributed by atoms with van der Waals surface area (Å²) in [7, 11) is 4.04. The SMILES string of the molecule is CNC(CSC1CCCC1)Cc1ccn(C)n1. The highest BCUT2D eigenvalue weighted by atomic mass is 32.2. The molecule has 1 atom stereocenters. The van der Waals surface area contributed by atoms with E-state index < -0.39 is 0 Å². The van der Waals surface area contributed by atoms with Gasteiger partial charge in [0.2, 0.25) is 0 Å². The van der Waals surface area contributed by atoms with Crippen molar-refractivity contribution in [2.75, 3.05) is 12.8 Å². The number of rotatable bonds is 6. The van der Waals surface area contributed by atoms with Crippen LogP contribution in [0.15, 0.2) is 12.3 Å². The second kappa shape index (κ2) is 6.45. The van der Waals surface area contributed by atoms with Gasteiger partial charge in [-0.3, -0.25) is 4.68 Å². The quantitative estimate of drug-likeness (QED) is 0.843. The third-order valence-corrected chi connectivity index (χ3v) is 5.01. The number of likely N-dealkylation sites (N-methyl/N-ethyl adjacent to an activating group) is 1. The second-order valence-electron chi connectivity index (χ2n) is 4.91. The molecule has 1 saturated carbocycles. The predicted molar refractivity (Wildman–Crippen MR) is 74.5 cm³/mol. The lowest BCUT2D eigenvalue weighted by molar-refractivity contribution is 0.599. The topological polar surface area (TPSA) is 29.9 Å². The van der Waals surface area contributed by atoms with Gasteiger partial charge in [0.1, 0.15) is 0 Å². The highest BCUT2D eigenvalue weighted by molar-refractivity contribution is 7.99. The van der Waals surface area contributed by atoms with Crippen molar-refractivity contribution in [1.29, 1.82) is 0 Å². The Morgan fingerprint density at radius 2 is 2.29 bits per heavy atom. The maximum atomic E-state index is 4.45. The summed E-state index contributed by atoms with van der Waals surface area (Å²) in [4.78, 5) is 0. The van der Waals surface area contributed by atoms with Crippen molar-refractivity contribution >= 4 is 11.8 Å². The van der Waals surface area contributed by atoms with Crippen LogP contribution in [-0.4, -0.2) is 33.9 Å². The third kappa shape index (κ3) is 4.03. The van der Waals surface area contributed by atoms with Crippen LogP contribution >= 0.6 is 11.8 Å². The summed E-state index contributed by atoms with van der Waals surface area (Å²) in [5, 5.41) is 8.77. The maximum Gasteiger partial charge on any atom is 0.0640 e. The molecule has 1 N–H and O–H groups in total. The molecule has 0 bridgehead atoms. The van der Waals surface area contributed by atoms with E-state index in [1.807, 2.05) is 17.9 Å². The average Bonchev–Trinajstić information content (AvgIpc) is 2.96. The zero-order valence-electron chi connectivity index (χ0n) is 10.9. The first kappa shape index (κ1) is 13.0. The van der Waals surface area contributed by atoms with Crippen molar-refractivity contribution < 1.29 is 0 Å². The van der Waals surface area contributed by atoms with Gasteiger partial charge in [-0.25, -0.2) is 0 Å². The zero-order valence-corrected chi connectivity index (χ0v) is 11.7. The van der Waals surface area contributed by atoms with E-state index >= 15 is 0 Å². The molecule has 0 aliphatic heterocycles. The Morgan fingerprint density at radius 3 is 2.88 bits per heavy atom. The van der Waals surface area contributed by atoms with E-state index in [0.29, 0.717) is 6.04 Å². The fourth-order valence-electron chi connectivity index (χ4n) is 2.38. The Bertz CT molecular complexity index is 331. The minimum atomic E-state index is 0.551. The standard InChI is InChI=1S/C13H23N3S/c1-14-12(9-11-7-8-16(2)15-11)10-17-13-5-3-4-6-13/h7-8,12-14H,3-6,9-10H2,1-2H3.